The average molecular weight is 442 g/mol. The minimum atomic E-state index is -3.53. The summed E-state index contributed by atoms with van der Waals surface area (Å²) in [5.41, 5.74) is 6.33. The van der Waals surface area contributed by atoms with Crippen LogP contribution < -0.4 is 15.6 Å². The summed E-state index contributed by atoms with van der Waals surface area (Å²) in [4.78, 5) is 22.7. The van der Waals surface area contributed by atoms with Gasteiger partial charge in [0.2, 0.25) is 10.0 Å². The second-order valence-electron chi connectivity index (χ2n) is 6.92. The van der Waals surface area contributed by atoms with Crippen molar-refractivity contribution < 1.29 is 18.1 Å². The molecule has 3 N–H and O–H groups in total. The van der Waals surface area contributed by atoms with Gasteiger partial charge >= 0.3 is 0 Å². The standard InChI is InChI=1S/C19H18N6O5S/c26-19(18-11-12-24(22-18)15-5-7-16(8-6-15)25(27)28)21-20-13-3-9-17(10-4-13)31(29,30)23-14-1-2-14/h3-12,14,20,23H,1-2H2,(H,21,26). The first-order valence-electron chi connectivity index (χ1n) is 9.31. The average Bonchev–Trinajstić information content (AvgIpc) is 3.42. The van der Waals surface area contributed by atoms with Gasteiger partial charge in [-0.3, -0.25) is 25.8 Å². The number of anilines is 1. The lowest BCUT2D eigenvalue weighted by atomic mass is 10.3. The summed E-state index contributed by atoms with van der Waals surface area (Å²) in [6, 6.07) is 13.2. The van der Waals surface area contributed by atoms with Crippen molar-refractivity contribution in [2.24, 2.45) is 0 Å². The maximum absolute atomic E-state index is 12.3. The van der Waals surface area contributed by atoms with Crippen LogP contribution in [0.4, 0.5) is 11.4 Å². The Morgan fingerprint density at radius 1 is 1.06 bits per heavy atom. The fraction of sp³-hybridized carbons (Fsp3) is 0.158. The van der Waals surface area contributed by atoms with Gasteiger partial charge in [0.15, 0.2) is 5.69 Å². The number of non-ortho nitro benzene ring substituents is 1. The van der Waals surface area contributed by atoms with Crippen molar-refractivity contribution >= 4 is 27.3 Å². The third-order valence-corrected chi connectivity index (χ3v) is 6.07. The lowest BCUT2D eigenvalue weighted by Crippen LogP contribution is -2.30. The molecule has 4 rings (SSSR count). The Morgan fingerprint density at radius 3 is 2.35 bits per heavy atom. The maximum Gasteiger partial charge on any atom is 0.290 e. The molecule has 3 aromatic rings. The highest BCUT2D eigenvalue weighted by Crippen LogP contribution is 2.22. The molecule has 0 saturated heterocycles. The van der Waals surface area contributed by atoms with Crippen molar-refractivity contribution in [3.05, 3.63) is 76.6 Å². The summed E-state index contributed by atoms with van der Waals surface area (Å²) < 4.78 is 28.4. The molecular formula is C19H18N6O5S. The molecule has 12 heteroatoms. The highest BCUT2D eigenvalue weighted by molar-refractivity contribution is 7.89. The third-order valence-electron chi connectivity index (χ3n) is 4.53. The van der Waals surface area contributed by atoms with Crippen LogP contribution in [0.3, 0.4) is 0 Å². The molecule has 1 heterocycles. The van der Waals surface area contributed by atoms with Crippen molar-refractivity contribution in [2.45, 2.75) is 23.8 Å². The van der Waals surface area contributed by atoms with Crippen LogP contribution in [-0.2, 0) is 10.0 Å². The zero-order valence-electron chi connectivity index (χ0n) is 16.1. The SMILES string of the molecule is O=C(NNc1ccc(S(=O)(=O)NC2CC2)cc1)c1ccn(-c2ccc([N+](=O)[O-])cc2)n1. The highest BCUT2D eigenvalue weighted by atomic mass is 32.2. The van der Waals surface area contributed by atoms with Gasteiger partial charge in [0.05, 0.1) is 21.2 Å². The Morgan fingerprint density at radius 2 is 1.74 bits per heavy atom. The van der Waals surface area contributed by atoms with E-state index < -0.39 is 20.9 Å². The Bertz CT molecular complexity index is 1220. The first kappa shape index (κ1) is 20.5. The summed E-state index contributed by atoms with van der Waals surface area (Å²) in [5.74, 6) is -0.507. The Labute approximate surface area is 177 Å². The van der Waals surface area contributed by atoms with Crippen LogP contribution in [0.1, 0.15) is 23.3 Å². The van der Waals surface area contributed by atoms with E-state index in [0.29, 0.717) is 11.4 Å². The van der Waals surface area contributed by atoms with Crippen LogP contribution in [0, 0.1) is 10.1 Å². The predicted octanol–water partition coefficient (Wildman–Crippen LogP) is 1.98. The predicted molar refractivity (Wildman–Crippen MR) is 111 cm³/mol. The number of nitrogens with one attached hydrogen (secondary N) is 3. The largest absolute Gasteiger partial charge is 0.298 e. The number of carbonyl (C=O) groups is 1. The quantitative estimate of drug-likeness (QED) is 0.357. The molecule has 2 aromatic carbocycles. The molecule has 0 spiro atoms. The number of hydrogen-bond donors (Lipinski definition) is 3. The normalized spacial score (nSPS) is 13.5. The van der Waals surface area contributed by atoms with E-state index >= 15 is 0 Å². The van der Waals surface area contributed by atoms with Gasteiger partial charge in [0.25, 0.3) is 11.6 Å². The van der Waals surface area contributed by atoms with Gasteiger partial charge in [0.1, 0.15) is 0 Å². The van der Waals surface area contributed by atoms with Crippen LogP contribution in [0.2, 0.25) is 0 Å². The van der Waals surface area contributed by atoms with Crippen LogP contribution in [-0.4, -0.2) is 35.1 Å². The van der Waals surface area contributed by atoms with E-state index in [-0.39, 0.29) is 22.3 Å². The number of aromatic nitrogens is 2. The smallest absolute Gasteiger partial charge is 0.290 e. The number of hydrazine groups is 1. The maximum atomic E-state index is 12.3. The van der Waals surface area contributed by atoms with Gasteiger partial charge in [-0.25, -0.2) is 17.8 Å². The number of nitro groups is 1. The van der Waals surface area contributed by atoms with Crippen LogP contribution >= 0.6 is 0 Å². The lowest BCUT2D eigenvalue weighted by molar-refractivity contribution is -0.384. The van der Waals surface area contributed by atoms with E-state index in [1.165, 1.54) is 59.3 Å². The molecule has 31 heavy (non-hydrogen) atoms. The van der Waals surface area contributed by atoms with Crippen molar-refractivity contribution in [3.8, 4) is 5.69 Å². The summed E-state index contributed by atoms with van der Waals surface area (Å²) in [6.07, 6.45) is 3.26. The second-order valence-corrected chi connectivity index (χ2v) is 8.63. The van der Waals surface area contributed by atoms with Crippen LogP contribution in [0.25, 0.3) is 5.69 Å². The fourth-order valence-corrected chi connectivity index (χ4v) is 4.02. The molecule has 0 unspecified atom stereocenters. The van der Waals surface area contributed by atoms with Crippen molar-refractivity contribution in [1.29, 1.82) is 0 Å². The van der Waals surface area contributed by atoms with Gasteiger partial charge in [-0.05, 0) is 55.3 Å². The molecule has 1 aromatic heterocycles. The van der Waals surface area contributed by atoms with Crippen molar-refractivity contribution in [3.63, 3.8) is 0 Å². The van der Waals surface area contributed by atoms with E-state index in [0.717, 1.165) is 12.8 Å². The zero-order valence-corrected chi connectivity index (χ0v) is 16.9. The second kappa shape index (κ2) is 8.16. The molecular weight excluding hydrogens is 424 g/mol. The van der Waals surface area contributed by atoms with E-state index in [9.17, 15) is 23.3 Å². The summed E-state index contributed by atoms with van der Waals surface area (Å²) >= 11 is 0. The molecule has 1 saturated carbocycles. The van der Waals surface area contributed by atoms with Gasteiger partial charge in [0, 0.05) is 24.4 Å². The molecule has 11 nitrogen and oxygen atoms in total. The molecule has 1 fully saturated rings. The lowest BCUT2D eigenvalue weighted by Gasteiger charge is -2.09. The van der Waals surface area contributed by atoms with Gasteiger partial charge in [-0.15, -0.1) is 0 Å². The number of nitrogens with zero attached hydrogens (tertiary/aromatic N) is 3. The number of sulfonamides is 1. The first-order chi connectivity index (χ1) is 14.8. The molecule has 1 aliphatic rings. The Kier molecular flexibility index (Phi) is 5.40. The number of rotatable bonds is 8. The topological polar surface area (TPSA) is 148 Å². The number of nitro benzene ring substituents is 1. The summed E-state index contributed by atoms with van der Waals surface area (Å²) in [5, 5.41) is 14.9. The van der Waals surface area contributed by atoms with E-state index in [1.54, 1.807) is 6.20 Å². The van der Waals surface area contributed by atoms with Gasteiger partial charge < -0.3 is 0 Å². The summed E-state index contributed by atoms with van der Waals surface area (Å²) in [7, 11) is -3.53. The third kappa shape index (κ3) is 4.87. The number of carbonyl (C=O) groups excluding carboxylic acids is 1. The van der Waals surface area contributed by atoms with Gasteiger partial charge in [-0.2, -0.15) is 5.10 Å². The molecule has 0 radical (unpaired) electrons. The number of hydrogen-bond acceptors (Lipinski definition) is 7. The minimum absolute atomic E-state index is 0.0212. The zero-order chi connectivity index (χ0) is 22.0. The highest BCUT2D eigenvalue weighted by Gasteiger charge is 2.27. The van der Waals surface area contributed by atoms with Crippen molar-refractivity contribution in [1.82, 2.24) is 19.9 Å². The Balaban J connectivity index is 1.36. The Hall–Kier alpha value is -3.77. The minimum Gasteiger partial charge on any atom is -0.298 e. The molecule has 160 valence electrons. The summed E-state index contributed by atoms with van der Waals surface area (Å²) in [6.45, 7) is 0. The van der Waals surface area contributed by atoms with E-state index in [1.807, 2.05) is 0 Å². The molecule has 0 atom stereocenters. The molecule has 0 bridgehead atoms. The molecule has 1 aliphatic carbocycles. The number of benzene rings is 2. The van der Waals surface area contributed by atoms with E-state index in [4.69, 9.17) is 0 Å². The number of amides is 1. The van der Waals surface area contributed by atoms with Crippen molar-refractivity contribution in [2.75, 3.05) is 5.43 Å². The fourth-order valence-electron chi connectivity index (χ4n) is 2.71. The first-order valence-corrected chi connectivity index (χ1v) is 10.8. The van der Waals surface area contributed by atoms with Crippen LogP contribution in [0.5, 0.6) is 0 Å². The monoisotopic (exact) mass is 442 g/mol. The van der Waals surface area contributed by atoms with Gasteiger partial charge in [-0.1, -0.05) is 0 Å². The molecule has 1 amide bonds. The van der Waals surface area contributed by atoms with E-state index in [2.05, 4.69) is 20.7 Å². The molecule has 0 aliphatic heterocycles. The van der Waals surface area contributed by atoms with Crippen LogP contribution in [0.15, 0.2) is 65.7 Å².